The van der Waals surface area contributed by atoms with Crippen LogP contribution in [0.4, 0.5) is 5.69 Å². The molecule has 146 valence electrons. The van der Waals surface area contributed by atoms with E-state index in [2.05, 4.69) is 19.2 Å². The molecule has 6 nitrogen and oxygen atoms in total. The highest BCUT2D eigenvalue weighted by Crippen LogP contribution is 2.22. The molecule has 0 aliphatic heterocycles. The zero-order valence-electron chi connectivity index (χ0n) is 15.9. The van der Waals surface area contributed by atoms with E-state index in [1.807, 2.05) is 6.07 Å². The van der Waals surface area contributed by atoms with Crippen molar-refractivity contribution in [3.05, 3.63) is 60.2 Å². The predicted molar refractivity (Wildman–Crippen MR) is 108 cm³/mol. The van der Waals surface area contributed by atoms with Crippen LogP contribution in [-0.2, 0) is 10.0 Å². The second-order valence-electron chi connectivity index (χ2n) is 6.87. The molecule has 2 aromatic carbocycles. The van der Waals surface area contributed by atoms with E-state index in [1.165, 1.54) is 35.6 Å². The van der Waals surface area contributed by atoms with Crippen molar-refractivity contribution in [3.8, 4) is 0 Å². The number of rotatable bonds is 8. The Labute approximate surface area is 161 Å². The van der Waals surface area contributed by atoms with Gasteiger partial charge in [0, 0.05) is 25.2 Å². The number of hydrogen-bond donors (Lipinski definition) is 2. The van der Waals surface area contributed by atoms with Gasteiger partial charge in [-0.3, -0.25) is 9.10 Å². The molecule has 1 amide bonds. The van der Waals surface area contributed by atoms with Gasteiger partial charge in [0.25, 0.3) is 15.9 Å². The molecule has 0 heterocycles. The highest BCUT2D eigenvalue weighted by atomic mass is 32.2. The summed E-state index contributed by atoms with van der Waals surface area (Å²) < 4.78 is 26.8. The van der Waals surface area contributed by atoms with Crippen LogP contribution >= 0.6 is 0 Å². The molecule has 0 spiro atoms. The fraction of sp³-hybridized carbons (Fsp3) is 0.350. The van der Waals surface area contributed by atoms with Gasteiger partial charge in [-0.15, -0.1) is 0 Å². The number of nitrogens with one attached hydrogen (secondary N) is 1. The lowest BCUT2D eigenvalue weighted by molar-refractivity contribution is 0.0933. The van der Waals surface area contributed by atoms with E-state index < -0.39 is 10.0 Å². The second kappa shape index (κ2) is 9.01. The van der Waals surface area contributed by atoms with Gasteiger partial charge in [-0.25, -0.2) is 8.42 Å². The van der Waals surface area contributed by atoms with Crippen molar-refractivity contribution in [2.45, 2.75) is 31.2 Å². The molecule has 0 aliphatic carbocycles. The van der Waals surface area contributed by atoms with E-state index in [1.54, 1.807) is 24.3 Å². The normalized spacial score (nSPS) is 12.6. The van der Waals surface area contributed by atoms with Crippen LogP contribution in [0.15, 0.2) is 59.5 Å². The number of para-hydroxylation sites is 1. The van der Waals surface area contributed by atoms with Crippen LogP contribution in [0, 0.1) is 5.92 Å². The van der Waals surface area contributed by atoms with E-state index in [9.17, 15) is 13.2 Å². The van der Waals surface area contributed by atoms with Crippen LogP contribution in [-0.4, -0.2) is 34.0 Å². The Hall–Kier alpha value is -2.38. The summed E-state index contributed by atoms with van der Waals surface area (Å²) in [6.07, 6.45) is 0.788. The molecular weight excluding hydrogens is 362 g/mol. The van der Waals surface area contributed by atoms with Gasteiger partial charge in [-0.2, -0.15) is 0 Å². The molecule has 1 atom stereocenters. The molecule has 0 saturated carbocycles. The van der Waals surface area contributed by atoms with Gasteiger partial charge in [0.1, 0.15) is 0 Å². The average Bonchev–Trinajstić information content (AvgIpc) is 2.67. The van der Waals surface area contributed by atoms with E-state index in [0.717, 1.165) is 6.42 Å². The summed E-state index contributed by atoms with van der Waals surface area (Å²) in [6, 6.07) is 14.7. The third-order valence-electron chi connectivity index (χ3n) is 4.27. The van der Waals surface area contributed by atoms with Gasteiger partial charge in [0.05, 0.1) is 10.6 Å². The predicted octanol–water partition coefficient (Wildman–Crippen LogP) is 2.61. The van der Waals surface area contributed by atoms with Crippen molar-refractivity contribution in [1.29, 1.82) is 0 Å². The van der Waals surface area contributed by atoms with Crippen molar-refractivity contribution in [2.75, 3.05) is 17.9 Å². The molecule has 0 bridgehead atoms. The fourth-order valence-corrected chi connectivity index (χ4v) is 3.96. The molecule has 2 aromatic rings. The topological polar surface area (TPSA) is 92.5 Å². The molecule has 2 rings (SSSR count). The van der Waals surface area contributed by atoms with E-state index in [0.29, 0.717) is 23.7 Å². The largest absolute Gasteiger partial charge is 0.348 e. The van der Waals surface area contributed by atoms with Crippen molar-refractivity contribution >= 4 is 21.6 Å². The number of carbonyl (C=O) groups is 1. The monoisotopic (exact) mass is 389 g/mol. The molecule has 7 heteroatoms. The lowest BCUT2D eigenvalue weighted by atomic mass is 10.0. The number of nitrogens with two attached hydrogens (primary N) is 1. The third-order valence-corrected chi connectivity index (χ3v) is 6.07. The molecule has 0 fully saturated rings. The van der Waals surface area contributed by atoms with E-state index >= 15 is 0 Å². The lowest BCUT2D eigenvalue weighted by Gasteiger charge is -2.20. The van der Waals surface area contributed by atoms with Crippen LogP contribution in [0.3, 0.4) is 0 Å². The lowest BCUT2D eigenvalue weighted by Crippen LogP contribution is -2.41. The highest BCUT2D eigenvalue weighted by Gasteiger charge is 2.22. The summed E-state index contributed by atoms with van der Waals surface area (Å²) in [5.41, 5.74) is 6.69. The standard InChI is InChI=1S/C20H27N3O3S/c1-15(2)13-17(14-21)22-20(24)16-9-11-19(12-10-16)27(25,26)23(3)18-7-5-4-6-8-18/h4-12,15,17H,13-14,21H2,1-3H3,(H,22,24). The summed E-state index contributed by atoms with van der Waals surface area (Å²) in [5.74, 6) is 0.159. The van der Waals surface area contributed by atoms with Gasteiger partial charge in [0.15, 0.2) is 0 Å². The molecular formula is C20H27N3O3S. The summed E-state index contributed by atoms with van der Waals surface area (Å²) in [4.78, 5) is 12.5. The van der Waals surface area contributed by atoms with Gasteiger partial charge in [-0.05, 0) is 48.7 Å². The molecule has 1 unspecified atom stereocenters. The smallest absolute Gasteiger partial charge is 0.264 e. The van der Waals surface area contributed by atoms with Gasteiger partial charge >= 0.3 is 0 Å². The second-order valence-corrected chi connectivity index (χ2v) is 8.84. The Morgan fingerprint density at radius 2 is 1.67 bits per heavy atom. The SMILES string of the molecule is CC(C)CC(CN)NC(=O)c1ccc(S(=O)(=O)N(C)c2ccccc2)cc1. The molecule has 3 N–H and O–H groups in total. The molecule has 0 aliphatic rings. The zero-order valence-corrected chi connectivity index (χ0v) is 16.7. The van der Waals surface area contributed by atoms with Crippen LogP contribution in [0.2, 0.25) is 0 Å². The Morgan fingerprint density at radius 1 is 1.07 bits per heavy atom. The Kier molecular flexibility index (Phi) is 6.98. The minimum atomic E-state index is -3.70. The number of sulfonamides is 1. The van der Waals surface area contributed by atoms with Crippen molar-refractivity contribution in [2.24, 2.45) is 11.7 Å². The maximum atomic E-state index is 12.8. The first-order chi connectivity index (χ1) is 12.8. The molecule has 0 radical (unpaired) electrons. The number of anilines is 1. The first-order valence-electron chi connectivity index (χ1n) is 8.90. The van der Waals surface area contributed by atoms with Crippen molar-refractivity contribution < 1.29 is 13.2 Å². The van der Waals surface area contributed by atoms with Crippen molar-refractivity contribution in [1.82, 2.24) is 5.32 Å². The van der Waals surface area contributed by atoms with E-state index in [4.69, 9.17) is 5.73 Å². The first-order valence-corrected chi connectivity index (χ1v) is 10.3. The van der Waals surface area contributed by atoms with E-state index in [-0.39, 0.29) is 16.8 Å². The minimum absolute atomic E-state index is 0.106. The summed E-state index contributed by atoms with van der Waals surface area (Å²) >= 11 is 0. The molecule has 0 saturated heterocycles. The van der Waals surface area contributed by atoms with Gasteiger partial charge in [0.2, 0.25) is 0 Å². The molecule has 0 aromatic heterocycles. The third kappa shape index (κ3) is 5.30. The number of hydrogen-bond acceptors (Lipinski definition) is 4. The quantitative estimate of drug-likeness (QED) is 0.726. The average molecular weight is 390 g/mol. The Balaban J connectivity index is 2.15. The fourth-order valence-electron chi connectivity index (χ4n) is 2.76. The van der Waals surface area contributed by atoms with Crippen LogP contribution < -0.4 is 15.4 Å². The first kappa shape index (κ1) is 20.9. The zero-order chi connectivity index (χ0) is 20.0. The highest BCUT2D eigenvalue weighted by molar-refractivity contribution is 7.92. The molecule has 27 heavy (non-hydrogen) atoms. The van der Waals surface area contributed by atoms with Crippen LogP contribution in [0.5, 0.6) is 0 Å². The summed E-state index contributed by atoms with van der Waals surface area (Å²) in [5, 5.41) is 2.90. The number of nitrogens with zero attached hydrogens (tertiary/aromatic N) is 1. The number of amides is 1. The van der Waals surface area contributed by atoms with Crippen molar-refractivity contribution in [3.63, 3.8) is 0 Å². The van der Waals surface area contributed by atoms with Gasteiger partial charge in [-0.1, -0.05) is 32.0 Å². The Bertz CT molecular complexity index is 850. The minimum Gasteiger partial charge on any atom is -0.348 e. The van der Waals surface area contributed by atoms with Gasteiger partial charge < -0.3 is 11.1 Å². The number of benzene rings is 2. The summed E-state index contributed by atoms with van der Waals surface area (Å²) in [7, 11) is -2.19. The van der Waals surface area contributed by atoms with Crippen LogP contribution in [0.1, 0.15) is 30.6 Å². The summed E-state index contributed by atoms with van der Waals surface area (Å²) in [6.45, 7) is 4.49. The maximum absolute atomic E-state index is 12.8. The maximum Gasteiger partial charge on any atom is 0.264 e. The Morgan fingerprint density at radius 3 is 2.19 bits per heavy atom. The van der Waals surface area contributed by atoms with Crippen LogP contribution in [0.25, 0.3) is 0 Å². The number of carbonyl (C=O) groups excluding carboxylic acids is 1.